The van der Waals surface area contributed by atoms with Gasteiger partial charge in [0.25, 0.3) is 0 Å². The number of hydrogen-bond donors (Lipinski definition) is 2. The Morgan fingerprint density at radius 3 is 2.33 bits per heavy atom. The molecule has 0 heterocycles. The van der Waals surface area contributed by atoms with E-state index in [0.29, 0.717) is 12.0 Å². The first-order chi connectivity index (χ1) is 8.52. The topological polar surface area (TPSA) is 41.1 Å². The summed E-state index contributed by atoms with van der Waals surface area (Å²) in [5.74, 6) is 0.648. The minimum atomic E-state index is -0.0359. The monoisotopic (exact) mass is 248 g/mol. The van der Waals surface area contributed by atoms with Crippen molar-refractivity contribution in [3.63, 3.8) is 0 Å². The SMILES string of the molecule is CCC(C)C(C)NCc1ccc(NC(C)=O)cc1. The van der Waals surface area contributed by atoms with Gasteiger partial charge in [0, 0.05) is 25.2 Å². The van der Waals surface area contributed by atoms with E-state index >= 15 is 0 Å². The Morgan fingerprint density at radius 1 is 1.22 bits per heavy atom. The van der Waals surface area contributed by atoms with Crippen molar-refractivity contribution in [2.24, 2.45) is 5.92 Å². The lowest BCUT2D eigenvalue weighted by molar-refractivity contribution is -0.114. The zero-order chi connectivity index (χ0) is 13.5. The molecule has 3 nitrogen and oxygen atoms in total. The molecule has 1 aromatic rings. The summed E-state index contributed by atoms with van der Waals surface area (Å²) in [6, 6.07) is 8.48. The molecule has 0 fully saturated rings. The highest BCUT2D eigenvalue weighted by Gasteiger charge is 2.08. The third-order valence-corrected chi connectivity index (χ3v) is 3.40. The van der Waals surface area contributed by atoms with Crippen LogP contribution in [-0.2, 0) is 11.3 Å². The first kappa shape index (κ1) is 14.7. The van der Waals surface area contributed by atoms with Crippen LogP contribution in [0.5, 0.6) is 0 Å². The minimum Gasteiger partial charge on any atom is -0.326 e. The minimum absolute atomic E-state index is 0.0359. The van der Waals surface area contributed by atoms with Gasteiger partial charge in [-0.3, -0.25) is 4.79 Å². The van der Waals surface area contributed by atoms with Crippen LogP contribution in [0, 0.1) is 5.92 Å². The van der Waals surface area contributed by atoms with Gasteiger partial charge in [-0.15, -0.1) is 0 Å². The molecule has 0 spiro atoms. The van der Waals surface area contributed by atoms with Crippen molar-refractivity contribution >= 4 is 11.6 Å². The molecule has 1 rings (SSSR count). The van der Waals surface area contributed by atoms with E-state index in [1.165, 1.54) is 18.9 Å². The highest BCUT2D eigenvalue weighted by molar-refractivity contribution is 5.88. The molecule has 100 valence electrons. The van der Waals surface area contributed by atoms with Gasteiger partial charge >= 0.3 is 0 Å². The Morgan fingerprint density at radius 2 is 1.83 bits per heavy atom. The fraction of sp³-hybridized carbons (Fsp3) is 0.533. The molecule has 1 amide bonds. The molecule has 2 N–H and O–H groups in total. The van der Waals surface area contributed by atoms with Gasteiger partial charge in [0.1, 0.15) is 0 Å². The molecule has 0 aliphatic heterocycles. The molecule has 0 aliphatic carbocycles. The summed E-state index contributed by atoms with van der Waals surface area (Å²) in [6.45, 7) is 9.08. The summed E-state index contributed by atoms with van der Waals surface area (Å²) < 4.78 is 0. The maximum Gasteiger partial charge on any atom is 0.221 e. The lowest BCUT2D eigenvalue weighted by atomic mass is 10.0. The van der Waals surface area contributed by atoms with Crippen molar-refractivity contribution in [1.29, 1.82) is 0 Å². The number of carbonyl (C=O) groups is 1. The molecule has 0 aromatic heterocycles. The quantitative estimate of drug-likeness (QED) is 0.812. The van der Waals surface area contributed by atoms with Crippen molar-refractivity contribution < 1.29 is 4.79 Å². The van der Waals surface area contributed by atoms with E-state index in [1.54, 1.807) is 0 Å². The van der Waals surface area contributed by atoms with Crippen LogP contribution in [0.1, 0.15) is 39.7 Å². The van der Waals surface area contributed by atoms with Crippen molar-refractivity contribution in [3.05, 3.63) is 29.8 Å². The number of rotatable bonds is 6. The van der Waals surface area contributed by atoms with Crippen molar-refractivity contribution in [2.45, 2.75) is 46.7 Å². The van der Waals surface area contributed by atoms with Gasteiger partial charge in [-0.1, -0.05) is 32.4 Å². The lowest BCUT2D eigenvalue weighted by Crippen LogP contribution is -2.31. The van der Waals surface area contributed by atoms with E-state index in [4.69, 9.17) is 0 Å². The van der Waals surface area contributed by atoms with E-state index in [1.807, 2.05) is 24.3 Å². The van der Waals surface area contributed by atoms with Crippen LogP contribution >= 0.6 is 0 Å². The van der Waals surface area contributed by atoms with Crippen LogP contribution in [-0.4, -0.2) is 11.9 Å². The van der Waals surface area contributed by atoms with Crippen molar-refractivity contribution in [3.8, 4) is 0 Å². The molecule has 1 aromatic carbocycles. The number of hydrogen-bond acceptors (Lipinski definition) is 2. The summed E-state index contributed by atoms with van der Waals surface area (Å²) in [6.07, 6.45) is 1.19. The van der Waals surface area contributed by atoms with Gasteiger partial charge in [-0.25, -0.2) is 0 Å². The van der Waals surface area contributed by atoms with E-state index < -0.39 is 0 Å². The predicted molar refractivity (Wildman–Crippen MR) is 76.5 cm³/mol. The normalized spacial score (nSPS) is 14.0. The Balaban J connectivity index is 2.46. The summed E-state index contributed by atoms with van der Waals surface area (Å²) in [4.78, 5) is 10.9. The van der Waals surface area contributed by atoms with E-state index in [0.717, 1.165) is 12.2 Å². The van der Waals surface area contributed by atoms with Gasteiger partial charge in [0.15, 0.2) is 0 Å². The van der Waals surface area contributed by atoms with E-state index in [2.05, 4.69) is 31.4 Å². The van der Waals surface area contributed by atoms with Crippen LogP contribution in [0.3, 0.4) is 0 Å². The van der Waals surface area contributed by atoms with Gasteiger partial charge in [-0.05, 0) is 30.5 Å². The molecule has 0 aliphatic rings. The fourth-order valence-corrected chi connectivity index (χ4v) is 1.74. The van der Waals surface area contributed by atoms with Crippen LogP contribution in [0.2, 0.25) is 0 Å². The highest BCUT2D eigenvalue weighted by Crippen LogP contribution is 2.11. The molecule has 2 unspecified atom stereocenters. The van der Waals surface area contributed by atoms with Crippen molar-refractivity contribution in [1.82, 2.24) is 5.32 Å². The third kappa shape index (κ3) is 4.88. The second kappa shape index (κ2) is 7.17. The van der Waals surface area contributed by atoms with Crippen LogP contribution in [0.4, 0.5) is 5.69 Å². The number of nitrogens with one attached hydrogen (secondary N) is 2. The average Bonchev–Trinajstić information content (AvgIpc) is 2.36. The standard InChI is InChI=1S/C15H24N2O/c1-5-11(2)12(3)16-10-14-6-8-15(9-7-14)17-13(4)18/h6-9,11-12,16H,5,10H2,1-4H3,(H,17,18). The first-order valence-electron chi connectivity index (χ1n) is 6.62. The number of anilines is 1. The third-order valence-electron chi connectivity index (χ3n) is 3.40. The summed E-state index contributed by atoms with van der Waals surface area (Å²) in [5, 5.41) is 6.29. The molecule has 0 bridgehead atoms. The molecule has 18 heavy (non-hydrogen) atoms. The summed E-state index contributed by atoms with van der Waals surface area (Å²) >= 11 is 0. The smallest absolute Gasteiger partial charge is 0.221 e. The van der Waals surface area contributed by atoms with Gasteiger partial charge in [0.2, 0.25) is 5.91 Å². The second-order valence-electron chi connectivity index (χ2n) is 4.93. The van der Waals surface area contributed by atoms with Crippen molar-refractivity contribution in [2.75, 3.05) is 5.32 Å². The molecular formula is C15H24N2O. The summed E-state index contributed by atoms with van der Waals surface area (Å²) in [7, 11) is 0. The maximum atomic E-state index is 10.9. The fourth-order valence-electron chi connectivity index (χ4n) is 1.74. The van der Waals surface area contributed by atoms with Gasteiger partial charge < -0.3 is 10.6 Å². The zero-order valence-corrected chi connectivity index (χ0v) is 11.8. The molecule has 0 saturated carbocycles. The Kier molecular flexibility index (Phi) is 5.86. The average molecular weight is 248 g/mol. The molecule has 2 atom stereocenters. The summed E-state index contributed by atoms with van der Waals surface area (Å²) in [5.41, 5.74) is 2.08. The van der Waals surface area contributed by atoms with Crippen LogP contribution in [0.15, 0.2) is 24.3 Å². The molecule has 0 radical (unpaired) electrons. The number of carbonyl (C=O) groups excluding carboxylic acids is 1. The molecule has 0 saturated heterocycles. The number of amides is 1. The van der Waals surface area contributed by atoms with Gasteiger partial charge in [-0.2, -0.15) is 0 Å². The predicted octanol–water partition coefficient (Wildman–Crippen LogP) is 3.17. The van der Waals surface area contributed by atoms with Crippen LogP contribution < -0.4 is 10.6 Å². The van der Waals surface area contributed by atoms with Gasteiger partial charge in [0.05, 0.1) is 0 Å². The molecule has 3 heteroatoms. The van der Waals surface area contributed by atoms with Crippen LogP contribution in [0.25, 0.3) is 0 Å². The maximum absolute atomic E-state index is 10.9. The molecular weight excluding hydrogens is 224 g/mol. The largest absolute Gasteiger partial charge is 0.326 e. The zero-order valence-electron chi connectivity index (χ0n) is 11.8. The number of benzene rings is 1. The Labute approximate surface area is 110 Å². The lowest BCUT2D eigenvalue weighted by Gasteiger charge is -2.20. The Bertz CT molecular complexity index is 373. The van der Waals surface area contributed by atoms with E-state index in [-0.39, 0.29) is 5.91 Å². The highest BCUT2D eigenvalue weighted by atomic mass is 16.1. The second-order valence-corrected chi connectivity index (χ2v) is 4.93. The van der Waals surface area contributed by atoms with E-state index in [9.17, 15) is 4.79 Å². The first-order valence-corrected chi connectivity index (χ1v) is 6.62. The Hall–Kier alpha value is -1.35.